The number of halogens is 1. The summed E-state index contributed by atoms with van der Waals surface area (Å²) >= 11 is 3.41. The molecule has 0 spiro atoms. The zero-order valence-electron chi connectivity index (χ0n) is 18.9. The molecule has 1 atom stereocenters. The molecule has 1 aliphatic rings. The zero-order chi connectivity index (χ0) is 23.8. The van der Waals surface area contributed by atoms with Gasteiger partial charge in [0.25, 0.3) is 5.91 Å². The molecule has 3 rings (SSSR count). The fourth-order valence-electron chi connectivity index (χ4n) is 3.47. The smallest absolute Gasteiger partial charge is 0.308 e. The first-order valence-electron chi connectivity index (χ1n) is 11.1. The number of ether oxygens (including phenoxy) is 2. The molecule has 1 aliphatic heterocycles. The number of carbonyl (C=O) groups excluding carboxylic acids is 3. The maximum Gasteiger partial charge on any atom is 0.308 e. The van der Waals surface area contributed by atoms with E-state index in [0.717, 1.165) is 16.5 Å². The van der Waals surface area contributed by atoms with Crippen molar-refractivity contribution in [2.45, 2.75) is 39.3 Å². The maximum absolute atomic E-state index is 13.5. The summed E-state index contributed by atoms with van der Waals surface area (Å²) in [5.74, 6) is -0.339. The molecular weight excluding hydrogens is 488 g/mol. The molecular formula is C25H29BrN2O5. The van der Waals surface area contributed by atoms with E-state index >= 15 is 0 Å². The highest BCUT2D eigenvalue weighted by atomic mass is 79.9. The van der Waals surface area contributed by atoms with Crippen LogP contribution in [0.4, 0.5) is 0 Å². The van der Waals surface area contributed by atoms with Crippen molar-refractivity contribution in [2.75, 3.05) is 19.7 Å². The van der Waals surface area contributed by atoms with Gasteiger partial charge in [0.1, 0.15) is 18.4 Å². The van der Waals surface area contributed by atoms with E-state index in [-0.39, 0.29) is 24.8 Å². The molecule has 0 aromatic heterocycles. The van der Waals surface area contributed by atoms with Crippen LogP contribution in [-0.4, -0.2) is 48.4 Å². The van der Waals surface area contributed by atoms with Gasteiger partial charge in [-0.1, -0.05) is 60.1 Å². The summed E-state index contributed by atoms with van der Waals surface area (Å²) in [6.07, 6.45) is 0.633. The van der Waals surface area contributed by atoms with E-state index in [4.69, 9.17) is 9.47 Å². The van der Waals surface area contributed by atoms with Crippen LogP contribution in [0.2, 0.25) is 0 Å². The van der Waals surface area contributed by atoms with E-state index in [2.05, 4.69) is 35.1 Å². The average molecular weight is 517 g/mol. The molecule has 2 aromatic rings. The monoisotopic (exact) mass is 516 g/mol. The standard InChI is InChI=1S/C25H29BrN2O5/c1-17(2)10-13-32-22-9-8-19(26)14-20(22)25(31)28-12-11-27-24(30)21(28)15-23(29)33-16-18-6-4-3-5-7-18/h3-9,14,17,21H,10-13,15-16H2,1-2H3,(H,27,30). The quantitative estimate of drug-likeness (QED) is 0.510. The van der Waals surface area contributed by atoms with Gasteiger partial charge in [-0.25, -0.2) is 0 Å². The van der Waals surface area contributed by atoms with Gasteiger partial charge in [0.05, 0.1) is 18.6 Å². The van der Waals surface area contributed by atoms with Crippen LogP contribution in [0.3, 0.4) is 0 Å². The van der Waals surface area contributed by atoms with Gasteiger partial charge in [-0.15, -0.1) is 0 Å². The molecule has 0 aliphatic carbocycles. The number of benzene rings is 2. The minimum atomic E-state index is -0.947. The second-order valence-corrected chi connectivity index (χ2v) is 9.24. The van der Waals surface area contributed by atoms with Crippen LogP contribution in [-0.2, 0) is 20.9 Å². The van der Waals surface area contributed by atoms with Crippen LogP contribution < -0.4 is 10.1 Å². The lowest BCUT2D eigenvalue weighted by molar-refractivity contribution is -0.148. The summed E-state index contributed by atoms with van der Waals surface area (Å²) in [4.78, 5) is 40.0. The Morgan fingerprint density at radius 3 is 2.67 bits per heavy atom. The summed E-state index contributed by atoms with van der Waals surface area (Å²) in [6.45, 7) is 5.41. The Balaban J connectivity index is 1.73. The third kappa shape index (κ3) is 7.05. The number of nitrogens with zero attached hydrogens (tertiary/aromatic N) is 1. The number of rotatable bonds is 9. The van der Waals surface area contributed by atoms with Gasteiger partial charge in [-0.3, -0.25) is 14.4 Å². The lowest BCUT2D eigenvalue weighted by Crippen LogP contribution is -2.57. The van der Waals surface area contributed by atoms with Crippen LogP contribution in [0.25, 0.3) is 0 Å². The number of amides is 2. The maximum atomic E-state index is 13.5. The van der Waals surface area contributed by atoms with Crippen molar-refractivity contribution in [2.24, 2.45) is 5.92 Å². The SMILES string of the molecule is CC(C)CCOc1ccc(Br)cc1C(=O)N1CCNC(=O)C1CC(=O)OCc1ccccc1. The Labute approximate surface area is 202 Å². The van der Waals surface area contributed by atoms with Crippen LogP contribution in [0, 0.1) is 5.92 Å². The fourth-order valence-corrected chi connectivity index (χ4v) is 3.83. The van der Waals surface area contributed by atoms with E-state index in [1.165, 1.54) is 4.90 Å². The van der Waals surface area contributed by atoms with Crippen molar-refractivity contribution in [3.05, 3.63) is 64.1 Å². The first-order valence-corrected chi connectivity index (χ1v) is 11.8. The predicted octanol–water partition coefficient (Wildman–Crippen LogP) is 3.95. The van der Waals surface area contributed by atoms with Crippen molar-refractivity contribution in [3.8, 4) is 5.75 Å². The molecule has 8 heteroatoms. The topological polar surface area (TPSA) is 84.9 Å². The minimum Gasteiger partial charge on any atom is -0.493 e. The first-order chi connectivity index (χ1) is 15.8. The molecule has 33 heavy (non-hydrogen) atoms. The van der Waals surface area contributed by atoms with Crippen molar-refractivity contribution in [1.82, 2.24) is 10.2 Å². The molecule has 176 valence electrons. The van der Waals surface area contributed by atoms with Crippen LogP contribution in [0.1, 0.15) is 42.6 Å². The van der Waals surface area contributed by atoms with Gasteiger partial charge in [-0.2, -0.15) is 0 Å². The van der Waals surface area contributed by atoms with Crippen LogP contribution in [0.5, 0.6) is 5.75 Å². The first kappa shape index (κ1) is 24.8. The Morgan fingerprint density at radius 2 is 1.94 bits per heavy atom. The molecule has 1 fully saturated rings. The van der Waals surface area contributed by atoms with Gasteiger partial charge >= 0.3 is 5.97 Å². The summed E-state index contributed by atoms with van der Waals surface area (Å²) in [7, 11) is 0. The number of carbonyl (C=O) groups is 3. The van der Waals surface area contributed by atoms with Gasteiger partial charge < -0.3 is 19.7 Å². The molecule has 1 N–H and O–H groups in total. The summed E-state index contributed by atoms with van der Waals surface area (Å²) in [5.41, 5.74) is 1.20. The fraction of sp³-hybridized carbons (Fsp3) is 0.400. The lowest BCUT2D eigenvalue weighted by atomic mass is 10.1. The molecule has 0 radical (unpaired) electrons. The highest BCUT2D eigenvalue weighted by Gasteiger charge is 2.36. The van der Waals surface area contributed by atoms with Crippen molar-refractivity contribution in [1.29, 1.82) is 0 Å². The van der Waals surface area contributed by atoms with Crippen molar-refractivity contribution < 1.29 is 23.9 Å². The molecule has 1 unspecified atom stereocenters. The van der Waals surface area contributed by atoms with E-state index < -0.39 is 12.0 Å². The highest BCUT2D eigenvalue weighted by Crippen LogP contribution is 2.27. The number of nitrogens with one attached hydrogen (secondary N) is 1. The zero-order valence-corrected chi connectivity index (χ0v) is 20.5. The third-order valence-electron chi connectivity index (χ3n) is 5.32. The lowest BCUT2D eigenvalue weighted by Gasteiger charge is -2.35. The second kappa shape index (κ2) is 11.8. The Bertz CT molecular complexity index is 980. The van der Waals surface area contributed by atoms with Gasteiger partial charge in [0.15, 0.2) is 0 Å². The number of hydrogen-bond donors (Lipinski definition) is 1. The Hall–Kier alpha value is -2.87. The Morgan fingerprint density at radius 1 is 1.18 bits per heavy atom. The van der Waals surface area contributed by atoms with Crippen LogP contribution >= 0.6 is 15.9 Å². The van der Waals surface area contributed by atoms with E-state index in [1.807, 2.05) is 36.4 Å². The van der Waals surface area contributed by atoms with Gasteiger partial charge in [0, 0.05) is 17.6 Å². The van der Waals surface area contributed by atoms with Crippen LogP contribution in [0.15, 0.2) is 53.0 Å². The normalized spacial score (nSPS) is 15.8. The summed E-state index contributed by atoms with van der Waals surface area (Å²) < 4.78 is 12.0. The second-order valence-electron chi connectivity index (χ2n) is 8.33. The van der Waals surface area contributed by atoms with E-state index in [0.29, 0.717) is 36.9 Å². The molecule has 1 saturated heterocycles. The third-order valence-corrected chi connectivity index (χ3v) is 5.81. The van der Waals surface area contributed by atoms with Gasteiger partial charge in [0.2, 0.25) is 5.91 Å². The highest BCUT2D eigenvalue weighted by molar-refractivity contribution is 9.10. The number of piperazine rings is 1. The van der Waals surface area contributed by atoms with E-state index in [9.17, 15) is 14.4 Å². The molecule has 0 saturated carbocycles. The molecule has 1 heterocycles. The molecule has 7 nitrogen and oxygen atoms in total. The number of esters is 1. The number of hydrogen-bond acceptors (Lipinski definition) is 5. The minimum absolute atomic E-state index is 0.113. The predicted molar refractivity (Wildman–Crippen MR) is 128 cm³/mol. The summed E-state index contributed by atoms with van der Waals surface area (Å²) in [5, 5.41) is 2.74. The van der Waals surface area contributed by atoms with Crippen molar-refractivity contribution in [3.63, 3.8) is 0 Å². The molecule has 0 bridgehead atoms. The summed E-state index contributed by atoms with van der Waals surface area (Å²) in [6, 6.07) is 13.6. The van der Waals surface area contributed by atoms with Gasteiger partial charge in [-0.05, 0) is 36.1 Å². The Kier molecular flexibility index (Phi) is 8.88. The molecule has 2 aromatic carbocycles. The van der Waals surface area contributed by atoms with E-state index in [1.54, 1.807) is 12.1 Å². The average Bonchev–Trinajstić information content (AvgIpc) is 2.80. The van der Waals surface area contributed by atoms with Crippen molar-refractivity contribution >= 4 is 33.7 Å². The largest absolute Gasteiger partial charge is 0.493 e. The molecule has 2 amide bonds.